The Morgan fingerprint density at radius 1 is 1.26 bits per heavy atom. The highest BCUT2D eigenvalue weighted by Crippen LogP contribution is 2.18. The topological polar surface area (TPSA) is 44.9 Å². The molecule has 1 aromatic carbocycles. The average molecular weight is 256 g/mol. The third-order valence-corrected chi connectivity index (χ3v) is 3.98. The van der Waals surface area contributed by atoms with Gasteiger partial charge in [-0.3, -0.25) is 4.79 Å². The number of amides is 1. The summed E-state index contributed by atoms with van der Waals surface area (Å²) in [5, 5.41) is 4.35. The lowest BCUT2D eigenvalue weighted by Gasteiger charge is -2.11. The van der Waals surface area contributed by atoms with Crippen LogP contribution in [-0.2, 0) is 11.2 Å². The molecular weight excluding hydrogens is 236 g/mol. The first-order chi connectivity index (χ1) is 9.31. The van der Waals surface area contributed by atoms with Gasteiger partial charge in [0.25, 0.3) is 0 Å². The molecule has 2 aromatic rings. The van der Waals surface area contributed by atoms with Crippen LogP contribution in [0.3, 0.4) is 0 Å². The van der Waals surface area contributed by atoms with Crippen LogP contribution in [-0.4, -0.2) is 16.9 Å². The fourth-order valence-electron chi connectivity index (χ4n) is 2.89. The second-order valence-corrected chi connectivity index (χ2v) is 5.45. The summed E-state index contributed by atoms with van der Waals surface area (Å²) in [6, 6.07) is 8.84. The van der Waals surface area contributed by atoms with E-state index in [1.165, 1.54) is 23.8 Å². The number of aryl methyl sites for hydroxylation is 1. The van der Waals surface area contributed by atoms with Crippen molar-refractivity contribution in [2.45, 2.75) is 44.6 Å². The normalized spacial score (nSPS) is 16.0. The van der Waals surface area contributed by atoms with Crippen molar-refractivity contribution >= 4 is 16.8 Å². The zero-order chi connectivity index (χ0) is 13.1. The quantitative estimate of drug-likeness (QED) is 0.867. The number of fused-ring (bicyclic) bond motifs is 1. The standard InChI is InChI=1S/C16H20N2O/c19-16(18-14-3-1-2-4-14)8-6-12-5-7-15-13(11-12)9-10-17-15/h5,7,9-11,14,17H,1-4,6,8H2,(H,18,19). The number of aromatic amines is 1. The van der Waals surface area contributed by atoms with E-state index in [0.717, 1.165) is 24.8 Å². The molecule has 3 rings (SSSR count). The summed E-state index contributed by atoms with van der Waals surface area (Å²) in [4.78, 5) is 15.0. The van der Waals surface area contributed by atoms with Gasteiger partial charge in [-0.25, -0.2) is 0 Å². The van der Waals surface area contributed by atoms with E-state index in [1.807, 2.05) is 6.20 Å². The average Bonchev–Trinajstić information content (AvgIpc) is 3.06. The van der Waals surface area contributed by atoms with Crippen LogP contribution in [0.4, 0.5) is 0 Å². The van der Waals surface area contributed by atoms with Crippen LogP contribution in [0, 0.1) is 0 Å². The lowest BCUT2D eigenvalue weighted by atomic mass is 10.1. The summed E-state index contributed by atoms with van der Waals surface area (Å²) in [7, 11) is 0. The molecule has 0 bridgehead atoms. The fraction of sp³-hybridized carbons (Fsp3) is 0.438. The highest BCUT2D eigenvalue weighted by Gasteiger charge is 2.16. The van der Waals surface area contributed by atoms with Crippen LogP contribution in [0.2, 0.25) is 0 Å². The Labute approximate surface area is 113 Å². The molecule has 3 heteroatoms. The number of nitrogens with one attached hydrogen (secondary N) is 2. The van der Waals surface area contributed by atoms with E-state index in [4.69, 9.17) is 0 Å². The summed E-state index contributed by atoms with van der Waals surface area (Å²) in [6.45, 7) is 0. The largest absolute Gasteiger partial charge is 0.361 e. The molecule has 0 atom stereocenters. The molecule has 0 radical (unpaired) electrons. The minimum absolute atomic E-state index is 0.195. The van der Waals surface area contributed by atoms with Gasteiger partial charge >= 0.3 is 0 Å². The molecule has 0 unspecified atom stereocenters. The molecule has 0 spiro atoms. The Bertz CT molecular complexity index is 567. The van der Waals surface area contributed by atoms with E-state index in [0.29, 0.717) is 12.5 Å². The number of hydrogen-bond acceptors (Lipinski definition) is 1. The Hall–Kier alpha value is -1.77. The van der Waals surface area contributed by atoms with E-state index < -0.39 is 0 Å². The lowest BCUT2D eigenvalue weighted by molar-refractivity contribution is -0.121. The first kappa shape index (κ1) is 12.3. The minimum atomic E-state index is 0.195. The first-order valence-corrected chi connectivity index (χ1v) is 7.17. The summed E-state index contributed by atoms with van der Waals surface area (Å²) in [5.74, 6) is 0.195. The smallest absolute Gasteiger partial charge is 0.220 e. The molecule has 1 aromatic heterocycles. The molecule has 2 N–H and O–H groups in total. The van der Waals surface area contributed by atoms with Gasteiger partial charge in [0.15, 0.2) is 0 Å². The van der Waals surface area contributed by atoms with Gasteiger partial charge in [0.05, 0.1) is 0 Å². The van der Waals surface area contributed by atoms with Crippen molar-refractivity contribution in [2.75, 3.05) is 0 Å². The summed E-state index contributed by atoms with van der Waals surface area (Å²) in [5.41, 5.74) is 2.38. The predicted molar refractivity (Wildman–Crippen MR) is 77.0 cm³/mol. The molecule has 1 aliphatic carbocycles. The molecule has 19 heavy (non-hydrogen) atoms. The molecule has 1 aliphatic rings. The van der Waals surface area contributed by atoms with Crippen molar-refractivity contribution in [3.05, 3.63) is 36.0 Å². The number of H-pyrrole nitrogens is 1. The second-order valence-electron chi connectivity index (χ2n) is 5.45. The van der Waals surface area contributed by atoms with Crippen molar-refractivity contribution in [1.82, 2.24) is 10.3 Å². The third kappa shape index (κ3) is 2.98. The molecule has 1 heterocycles. The minimum Gasteiger partial charge on any atom is -0.361 e. The van der Waals surface area contributed by atoms with E-state index >= 15 is 0 Å². The zero-order valence-corrected chi connectivity index (χ0v) is 11.1. The highest BCUT2D eigenvalue weighted by molar-refractivity contribution is 5.80. The molecule has 0 aliphatic heterocycles. The number of rotatable bonds is 4. The Morgan fingerprint density at radius 2 is 2.11 bits per heavy atom. The Morgan fingerprint density at radius 3 is 2.95 bits per heavy atom. The van der Waals surface area contributed by atoms with Gasteiger partial charge in [0.2, 0.25) is 5.91 Å². The van der Waals surface area contributed by atoms with Crippen molar-refractivity contribution in [1.29, 1.82) is 0 Å². The van der Waals surface area contributed by atoms with E-state index in [1.54, 1.807) is 0 Å². The highest BCUT2D eigenvalue weighted by atomic mass is 16.1. The first-order valence-electron chi connectivity index (χ1n) is 7.17. The fourth-order valence-corrected chi connectivity index (χ4v) is 2.89. The van der Waals surface area contributed by atoms with Crippen LogP contribution in [0.25, 0.3) is 10.9 Å². The third-order valence-electron chi connectivity index (χ3n) is 3.98. The maximum atomic E-state index is 11.9. The van der Waals surface area contributed by atoms with Gasteiger partial charge in [-0.2, -0.15) is 0 Å². The predicted octanol–water partition coefficient (Wildman–Crippen LogP) is 3.16. The molecule has 0 saturated heterocycles. The van der Waals surface area contributed by atoms with E-state index in [2.05, 4.69) is 34.6 Å². The van der Waals surface area contributed by atoms with Crippen molar-refractivity contribution in [2.24, 2.45) is 0 Å². The lowest BCUT2D eigenvalue weighted by Crippen LogP contribution is -2.32. The van der Waals surface area contributed by atoms with Crippen molar-refractivity contribution in [3.8, 4) is 0 Å². The summed E-state index contributed by atoms with van der Waals surface area (Å²) < 4.78 is 0. The van der Waals surface area contributed by atoms with Crippen LogP contribution in [0.15, 0.2) is 30.5 Å². The maximum absolute atomic E-state index is 11.9. The van der Waals surface area contributed by atoms with Gasteiger partial charge in [-0.15, -0.1) is 0 Å². The van der Waals surface area contributed by atoms with E-state index in [9.17, 15) is 4.79 Å². The molecule has 1 fully saturated rings. The van der Waals surface area contributed by atoms with Crippen LogP contribution in [0.1, 0.15) is 37.7 Å². The molecule has 3 nitrogen and oxygen atoms in total. The van der Waals surface area contributed by atoms with E-state index in [-0.39, 0.29) is 5.91 Å². The SMILES string of the molecule is O=C(CCc1ccc2[nH]ccc2c1)NC1CCCC1. The number of aromatic nitrogens is 1. The molecular formula is C16H20N2O. The van der Waals surface area contributed by atoms with Gasteiger partial charge in [-0.1, -0.05) is 18.9 Å². The number of benzene rings is 1. The van der Waals surface area contributed by atoms with Crippen molar-refractivity contribution < 1.29 is 4.79 Å². The Kier molecular flexibility index (Phi) is 3.53. The molecule has 1 amide bonds. The van der Waals surface area contributed by atoms with Crippen LogP contribution >= 0.6 is 0 Å². The monoisotopic (exact) mass is 256 g/mol. The number of carbonyl (C=O) groups is 1. The van der Waals surface area contributed by atoms with Crippen LogP contribution in [0.5, 0.6) is 0 Å². The Balaban J connectivity index is 1.54. The van der Waals surface area contributed by atoms with Gasteiger partial charge < -0.3 is 10.3 Å². The van der Waals surface area contributed by atoms with Gasteiger partial charge in [-0.05, 0) is 48.4 Å². The maximum Gasteiger partial charge on any atom is 0.220 e. The van der Waals surface area contributed by atoms with Gasteiger partial charge in [0, 0.05) is 24.2 Å². The second kappa shape index (κ2) is 5.47. The molecule has 1 saturated carbocycles. The molecule has 100 valence electrons. The summed E-state index contributed by atoms with van der Waals surface area (Å²) in [6.07, 6.45) is 8.18. The zero-order valence-electron chi connectivity index (χ0n) is 11.1. The summed E-state index contributed by atoms with van der Waals surface area (Å²) >= 11 is 0. The van der Waals surface area contributed by atoms with Crippen LogP contribution < -0.4 is 5.32 Å². The van der Waals surface area contributed by atoms with Gasteiger partial charge in [0.1, 0.15) is 0 Å². The number of hydrogen-bond donors (Lipinski definition) is 2. The van der Waals surface area contributed by atoms with Crippen molar-refractivity contribution in [3.63, 3.8) is 0 Å². The number of carbonyl (C=O) groups excluding carboxylic acids is 1.